The van der Waals surface area contributed by atoms with Gasteiger partial charge in [0.2, 0.25) is 0 Å². The summed E-state index contributed by atoms with van der Waals surface area (Å²) in [6.07, 6.45) is 20.8. The van der Waals surface area contributed by atoms with Crippen molar-refractivity contribution in [3.63, 3.8) is 0 Å². The maximum Gasteiger partial charge on any atom is 0.134 e. The normalized spacial score (nSPS) is 23.3. The molecule has 2 unspecified atom stereocenters. The first kappa shape index (κ1) is 22.9. The highest BCUT2D eigenvalue weighted by Gasteiger charge is 2.39. The molecule has 2 atom stereocenters. The van der Waals surface area contributed by atoms with Crippen LogP contribution in [0.1, 0.15) is 62.1 Å². The van der Waals surface area contributed by atoms with E-state index in [-0.39, 0.29) is 17.4 Å². The SMILES string of the molecule is CC1(C)c2ccccc2N(C2=CCCC=C2)c2ccc(-c3ccc4c(c3)C3C=CC5=C(C=CCC5)C3O4)cc21. The van der Waals surface area contributed by atoms with Gasteiger partial charge in [-0.15, -0.1) is 0 Å². The monoisotopic (exact) mass is 507 g/mol. The van der Waals surface area contributed by atoms with E-state index in [1.54, 1.807) is 0 Å². The Morgan fingerprint density at radius 3 is 2.51 bits per heavy atom. The van der Waals surface area contributed by atoms with Crippen LogP contribution in [0.3, 0.4) is 0 Å². The van der Waals surface area contributed by atoms with Gasteiger partial charge in [0.1, 0.15) is 11.9 Å². The summed E-state index contributed by atoms with van der Waals surface area (Å²) in [7, 11) is 0. The molecule has 0 amide bonds. The van der Waals surface area contributed by atoms with E-state index < -0.39 is 0 Å². The lowest BCUT2D eigenvalue weighted by Crippen LogP contribution is -2.32. The minimum atomic E-state index is -0.107. The van der Waals surface area contributed by atoms with Crippen LogP contribution < -0.4 is 9.64 Å². The molecule has 0 spiro atoms. The number of para-hydroxylation sites is 1. The van der Waals surface area contributed by atoms with Gasteiger partial charge in [-0.2, -0.15) is 0 Å². The third kappa shape index (κ3) is 3.40. The van der Waals surface area contributed by atoms with Gasteiger partial charge in [-0.3, -0.25) is 0 Å². The van der Waals surface area contributed by atoms with E-state index in [0.717, 1.165) is 31.4 Å². The lowest BCUT2D eigenvalue weighted by atomic mass is 9.72. The minimum absolute atomic E-state index is 0.107. The van der Waals surface area contributed by atoms with Gasteiger partial charge in [-0.1, -0.05) is 80.6 Å². The second-order valence-electron chi connectivity index (χ2n) is 11.9. The van der Waals surface area contributed by atoms with Crippen molar-refractivity contribution in [2.75, 3.05) is 4.90 Å². The predicted molar refractivity (Wildman–Crippen MR) is 161 cm³/mol. The molecular weight excluding hydrogens is 474 g/mol. The van der Waals surface area contributed by atoms with Crippen LogP contribution in [0.2, 0.25) is 0 Å². The molecule has 5 aliphatic rings. The fraction of sp³-hybridized carbons (Fsp3) is 0.243. The van der Waals surface area contributed by atoms with Crippen LogP contribution in [0.5, 0.6) is 5.75 Å². The molecule has 0 radical (unpaired) electrons. The first-order valence-electron chi connectivity index (χ1n) is 14.4. The van der Waals surface area contributed by atoms with Gasteiger partial charge < -0.3 is 9.64 Å². The highest BCUT2D eigenvalue weighted by Crippen LogP contribution is 2.52. The summed E-state index contributed by atoms with van der Waals surface area (Å²) in [5.41, 5.74) is 13.1. The number of hydrogen-bond donors (Lipinski definition) is 0. The maximum atomic E-state index is 6.54. The Kier molecular flexibility index (Phi) is 4.98. The zero-order valence-electron chi connectivity index (χ0n) is 22.7. The van der Waals surface area contributed by atoms with Crippen LogP contribution in [0.15, 0.2) is 120 Å². The molecule has 0 bridgehead atoms. The summed E-state index contributed by atoms with van der Waals surface area (Å²) in [4.78, 5) is 2.46. The second-order valence-corrected chi connectivity index (χ2v) is 11.9. The Hall–Kier alpha value is -4.04. The fourth-order valence-electron chi connectivity index (χ4n) is 7.23. The van der Waals surface area contributed by atoms with Crippen molar-refractivity contribution in [1.29, 1.82) is 0 Å². The number of fused-ring (bicyclic) bond motifs is 6. The number of hydrogen-bond acceptors (Lipinski definition) is 2. The van der Waals surface area contributed by atoms with Gasteiger partial charge in [-0.25, -0.2) is 0 Å². The lowest BCUT2D eigenvalue weighted by Gasteiger charge is -2.43. The van der Waals surface area contributed by atoms with Crippen LogP contribution in [-0.4, -0.2) is 6.10 Å². The van der Waals surface area contributed by atoms with E-state index in [9.17, 15) is 0 Å². The predicted octanol–water partition coefficient (Wildman–Crippen LogP) is 9.43. The number of benzene rings is 3. The summed E-state index contributed by atoms with van der Waals surface area (Å²) < 4.78 is 6.54. The zero-order valence-corrected chi connectivity index (χ0v) is 22.7. The van der Waals surface area contributed by atoms with Gasteiger partial charge >= 0.3 is 0 Å². The molecule has 8 rings (SSSR count). The molecule has 0 fully saturated rings. The number of allylic oxidation sites excluding steroid dienone is 6. The number of nitrogens with zero attached hydrogens (tertiary/aromatic N) is 1. The second kappa shape index (κ2) is 8.48. The quantitative estimate of drug-likeness (QED) is 0.342. The first-order valence-corrected chi connectivity index (χ1v) is 14.4. The van der Waals surface area contributed by atoms with Gasteiger partial charge in [0.15, 0.2) is 0 Å². The van der Waals surface area contributed by atoms with Crippen molar-refractivity contribution in [2.45, 2.75) is 57.0 Å². The highest BCUT2D eigenvalue weighted by molar-refractivity contribution is 5.84. The molecule has 192 valence electrons. The standard InChI is InChI=1S/C37H33NO/c1-37(2)31-14-8-9-15-33(31)38(27-11-4-3-5-12-27)34-20-17-26(23-32(34)37)25-18-21-35-30(22-25)29-19-16-24-10-6-7-13-28(24)36(29)39-35/h4,7-9,11-23,29,36H,3,5-6,10H2,1-2H3. The number of anilines is 2. The van der Waals surface area contributed by atoms with Gasteiger partial charge in [0.05, 0.1) is 11.4 Å². The number of ether oxygens (including phenoxy) is 1. The molecule has 0 N–H and O–H groups in total. The van der Waals surface area contributed by atoms with Gasteiger partial charge in [-0.05, 0) is 95.5 Å². The van der Waals surface area contributed by atoms with E-state index >= 15 is 0 Å². The molecule has 2 heterocycles. The molecule has 3 aromatic carbocycles. The molecular formula is C37H33NO. The third-order valence-electron chi connectivity index (χ3n) is 9.30. The average Bonchev–Trinajstić information content (AvgIpc) is 3.36. The summed E-state index contributed by atoms with van der Waals surface area (Å²) in [5.74, 6) is 1.31. The largest absolute Gasteiger partial charge is 0.484 e. The maximum absolute atomic E-state index is 6.54. The van der Waals surface area contributed by atoms with Crippen molar-refractivity contribution < 1.29 is 4.74 Å². The molecule has 2 aliphatic heterocycles. The average molecular weight is 508 g/mol. The van der Waals surface area contributed by atoms with E-state index in [2.05, 4.69) is 122 Å². The Bertz CT molecular complexity index is 1680. The van der Waals surface area contributed by atoms with Crippen molar-refractivity contribution in [3.05, 3.63) is 137 Å². The highest BCUT2D eigenvalue weighted by atomic mass is 16.5. The molecule has 2 nitrogen and oxygen atoms in total. The summed E-state index contributed by atoms with van der Waals surface area (Å²) in [5, 5.41) is 0. The Morgan fingerprint density at radius 1 is 0.795 bits per heavy atom. The topological polar surface area (TPSA) is 12.5 Å². The molecule has 2 heteroatoms. The van der Waals surface area contributed by atoms with Crippen LogP contribution in [0.4, 0.5) is 11.4 Å². The molecule has 0 saturated carbocycles. The van der Waals surface area contributed by atoms with Crippen LogP contribution in [-0.2, 0) is 5.41 Å². The van der Waals surface area contributed by atoms with E-state index in [0.29, 0.717) is 0 Å². The number of rotatable bonds is 2. The van der Waals surface area contributed by atoms with Crippen molar-refractivity contribution in [3.8, 4) is 16.9 Å². The third-order valence-corrected chi connectivity index (χ3v) is 9.30. The van der Waals surface area contributed by atoms with E-state index in [4.69, 9.17) is 4.74 Å². The molecule has 0 saturated heterocycles. The minimum Gasteiger partial charge on any atom is -0.484 e. The molecule has 0 aromatic heterocycles. The van der Waals surface area contributed by atoms with Crippen molar-refractivity contribution in [1.82, 2.24) is 0 Å². The van der Waals surface area contributed by atoms with Crippen LogP contribution in [0.25, 0.3) is 11.1 Å². The summed E-state index contributed by atoms with van der Waals surface area (Å²) in [6.45, 7) is 4.74. The summed E-state index contributed by atoms with van der Waals surface area (Å²) >= 11 is 0. The van der Waals surface area contributed by atoms with Gasteiger partial charge in [0.25, 0.3) is 0 Å². The van der Waals surface area contributed by atoms with Crippen LogP contribution >= 0.6 is 0 Å². The molecule has 3 aromatic rings. The van der Waals surface area contributed by atoms with E-state index in [1.807, 2.05) is 0 Å². The smallest absolute Gasteiger partial charge is 0.134 e. The van der Waals surface area contributed by atoms with Gasteiger partial charge in [0, 0.05) is 22.6 Å². The zero-order chi connectivity index (χ0) is 26.1. The van der Waals surface area contributed by atoms with Crippen LogP contribution in [0, 0.1) is 0 Å². The first-order chi connectivity index (χ1) is 19.1. The molecule has 39 heavy (non-hydrogen) atoms. The van der Waals surface area contributed by atoms with Crippen molar-refractivity contribution in [2.24, 2.45) is 0 Å². The Morgan fingerprint density at radius 2 is 1.62 bits per heavy atom. The summed E-state index contributed by atoms with van der Waals surface area (Å²) in [6, 6.07) is 22.8. The fourth-order valence-corrected chi connectivity index (χ4v) is 7.23. The van der Waals surface area contributed by atoms with Crippen molar-refractivity contribution >= 4 is 11.4 Å². The van der Waals surface area contributed by atoms with E-state index in [1.165, 1.54) is 56.0 Å². The lowest BCUT2D eigenvalue weighted by molar-refractivity contribution is 0.257. The molecule has 3 aliphatic carbocycles. The Labute approximate surface area is 231 Å². The Balaban J connectivity index is 1.22.